The Morgan fingerprint density at radius 3 is 2.45 bits per heavy atom. The van der Waals surface area contributed by atoms with E-state index in [0.29, 0.717) is 12.8 Å². The van der Waals surface area contributed by atoms with Crippen molar-refractivity contribution in [1.82, 2.24) is 9.21 Å². The first-order chi connectivity index (χ1) is 13.7. The minimum atomic E-state index is -3.43. The van der Waals surface area contributed by atoms with Crippen LogP contribution in [0.3, 0.4) is 0 Å². The lowest BCUT2D eigenvalue weighted by Crippen LogP contribution is -2.31. The van der Waals surface area contributed by atoms with Crippen LogP contribution in [0.2, 0.25) is 0 Å². The Kier molecular flexibility index (Phi) is 6.44. The maximum atomic E-state index is 12.9. The maximum absolute atomic E-state index is 12.9. The van der Waals surface area contributed by atoms with E-state index in [2.05, 4.69) is 32.0 Å². The van der Waals surface area contributed by atoms with Crippen molar-refractivity contribution in [3.8, 4) is 0 Å². The van der Waals surface area contributed by atoms with Gasteiger partial charge in [0.15, 0.2) is 0 Å². The van der Waals surface area contributed by atoms with Crippen molar-refractivity contribution in [1.29, 1.82) is 0 Å². The van der Waals surface area contributed by atoms with Crippen molar-refractivity contribution < 1.29 is 13.2 Å². The molecule has 1 aliphatic heterocycles. The lowest BCUT2D eigenvalue weighted by molar-refractivity contribution is -0.132. The third-order valence-electron chi connectivity index (χ3n) is 5.70. The van der Waals surface area contributed by atoms with E-state index < -0.39 is 10.0 Å². The molecule has 1 unspecified atom stereocenters. The molecule has 6 heteroatoms. The highest BCUT2D eigenvalue weighted by Crippen LogP contribution is 2.34. The zero-order valence-corrected chi connectivity index (χ0v) is 18.5. The lowest BCUT2D eigenvalue weighted by Gasteiger charge is -2.27. The average Bonchev–Trinajstić information content (AvgIpc) is 3.18. The van der Waals surface area contributed by atoms with Crippen LogP contribution in [-0.2, 0) is 21.2 Å². The topological polar surface area (TPSA) is 57.7 Å². The van der Waals surface area contributed by atoms with Crippen LogP contribution in [-0.4, -0.2) is 44.2 Å². The molecule has 1 heterocycles. The number of carbonyl (C=O) groups excluding carboxylic acids is 1. The van der Waals surface area contributed by atoms with Gasteiger partial charge in [-0.25, -0.2) is 12.7 Å². The van der Waals surface area contributed by atoms with Gasteiger partial charge in [-0.2, -0.15) is 0 Å². The van der Waals surface area contributed by atoms with Crippen LogP contribution < -0.4 is 0 Å². The fourth-order valence-electron chi connectivity index (χ4n) is 3.94. The molecule has 2 aromatic carbocycles. The highest BCUT2D eigenvalue weighted by molar-refractivity contribution is 7.89. The third kappa shape index (κ3) is 4.70. The Morgan fingerprint density at radius 1 is 1.10 bits per heavy atom. The van der Waals surface area contributed by atoms with E-state index in [1.54, 1.807) is 24.3 Å². The molecule has 156 valence electrons. The Hall–Kier alpha value is -2.18. The molecule has 1 atom stereocenters. The van der Waals surface area contributed by atoms with Gasteiger partial charge in [0.05, 0.1) is 10.9 Å². The Labute approximate surface area is 174 Å². The molecule has 5 nitrogen and oxygen atoms in total. The molecule has 0 N–H and O–H groups in total. The van der Waals surface area contributed by atoms with E-state index in [4.69, 9.17) is 0 Å². The number of carbonyl (C=O) groups is 1. The number of hydrogen-bond acceptors (Lipinski definition) is 3. The van der Waals surface area contributed by atoms with Crippen LogP contribution in [0.15, 0.2) is 47.4 Å². The number of amides is 1. The average molecular weight is 415 g/mol. The van der Waals surface area contributed by atoms with Crippen molar-refractivity contribution >= 4 is 15.9 Å². The van der Waals surface area contributed by atoms with Crippen LogP contribution in [0.1, 0.15) is 47.6 Å². The molecular formula is C23H30N2O3S. The van der Waals surface area contributed by atoms with Crippen molar-refractivity contribution in [2.45, 2.75) is 50.5 Å². The minimum Gasteiger partial charge on any atom is -0.336 e. The molecule has 29 heavy (non-hydrogen) atoms. The second-order valence-electron chi connectivity index (χ2n) is 8.04. The van der Waals surface area contributed by atoms with E-state index in [9.17, 15) is 13.2 Å². The van der Waals surface area contributed by atoms with Crippen LogP contribution in [0.25, 0.3) is 0 Å². The SMILES string of the molecule is Cc1ccc(C)c(C2CCCN2C(=O)CCc2ccc(S(=O)(=O)N(C)C)cc2)c1. The molecule has 1 aliphatic rings. The molecule has 0 bridgehead atoms. The summed E-state index contributed by atoms with van der Waals surface area (Å²) in [5, 5.41) is 0. The number of likely N-dealkylation sites (tertiary alicyclic amines) is 1. The van der Waals surface area contributed by atoms with Gasteiger partial charge in [0.1, 0.15) is 0 Å². The molecule has 0 aliphatic carbocycles. The van der Waals surface area contributed by atoms with E-state index in [-0.39, 0.29) is 16.8 Å². The van der Waals surface area contributed by atoms with E-state index >= 15 is 0 Å². The molecule has 0 saturated carbocycles. The first kappa shape index (κ1) is 21.5. The number of benzene rings is 2. The third-order valence-corrected chi connectivity index (χ3v) is 7.53. The van der Waals surface area contributed by atoms with Crippen LogP contribution >= 0.6 is 0 Å². The van der Waals surface area contributed by atoms with Crippen LogP contribution in [0.5, 0.6) is 0 Å². The van der Waals surface area contributed by atoms with Gasteiger partial charge in [0.2, 0.25) is 15.9 Å². The zero-order chi connectivity index (χ0) is 21.2. The fourth-order valence-corrected chi connectivity index (χ4v) is 4.84. The normalized spacial score (nSPS) is 17.1. The summed E-state index contributed by atoms with van der Waals surface area (Å²) >= 11 is 0. The van der Waals surface area contributed by atoms with E-state index in [1.807, 2.05) is 4.90 Å². The van der Waals surface area contributed by atoms with Crippen molar-refractivity contribution in [2.24, 2.45) is 0 Å². The first-order valence-electron chi connectivity index (χ1n) is 10.1. The first-order valence-corrected chi connectivity index (χ1v) is 11.5. The number of rotatable bonds is 6. The van der Waals surface area contributed by atoms with Crippen molar-refractivity contribution in [2.75, 3.05) is 20.6 Å². The van der Waals surface area contributed by atoms with Gasteiger partial charge in [0, 0.05) is 27.1 Å². The van der Waals surface area contributed by atoms with Crippen molar-refractivity contribution in [3.63, 3.8) is 0 Å². The molecular weight excluding hydrogens is 384 g/mol. The van der Waals surface area contributed by atoms with Crippen molar-refractivity contribution in [3.05, 3.63) is 64.7 Å². The van der Waals surface area contributed by atoms with Gasteiger partial charge in [0.25, 0.3) is 0 Å². The predicted molar refractivity (Wildman–Crippen MR) is 115 cm³/mol. The molecule has 1 fully saturated rings. The standard InChI is InChI=1S/C23H30N2O3S/c1-17-7-8-18(2)21(16-17)22-6-5-15-25(22)23(26)14-11-19-9-12-20(13-10-19)29(27,28)24(3)4/h7-10,12-13,16,22H,5-6,11,14-15H2,1-4H3. The molecule has 0 spiro atoms. The molecule has 1 amide bonds. The second kappa shape index (κ2) is 8.67. The lowest BCUT2D eigenvalue weighted by atomic mass is 9.97. The maximum Gasteiger partial charge on any atom is 0.242 e. The Bertz CT molecular complexity index is 982. The van der Waals surface area contributed by atoms with Crippen LogP contribution in [0, 0.1) is 13.8 Å². The summed E-state index contributed by atoms with van der Waals surface area (Å²) in [6.07, 6.45) is 3.08. The summed E-state index contributed by atoms with van der Waals surface area (Å²) in [7, 11) is -0.389. The van der Waals surface area contributed by atoms with Crippen LogP contribution in [0.4, 0.5) is 0 Å². The zero-order valence-electron chi connectivity index (χ0n) is 17.7. The number of aryl methyl sites for hydroxylation is 3. The minimum absolute atomic E-state index is 0.162. The van der Waals surface area contributed by atoms with Gasteiger partial charge < -0.3 is 4.90 Å². The van der Waals surface area contributed by atoms with Gasteiger partial charge in [-0.3, -0.25) is 4.79 Å². The number of nitrogens with zero attached hydrogens (tertiary/aromatic N) is 2. The van der Waals surface area contributed by atoms with Gasteiger partial charge >= 0.3 is 0 Å². The highest BCUT2D eigenvalue weighted by Gasteiger charge is 2.30. The second-order valence-corrected chi connectivity index (χ2v) is 10.2. The molecule has 3 rings (SSSR count). The summed E-state index contributed by atoms with van der Waals surface area (Å²) in [5.74, 6) is 0.165. The fraction of sp³-hybridized carbons (Fsp3) is 0.435. The smallest absolute Gasteiger partial charge is 0.242 e. The highest BCUT2D eigenvalue weighted by atomic mass is 32.2. The summed E-state index contributed by atoms with van der Waals surface area (Å²) < 4.78 is 25.5. The van der Waals surface area contributed by atoms with Gasteiger partial charge in [-0.1, -0.05) is 35.9 Å². The largest absolute Gasteiger partial charge is 0.336 e. The monoisotopic (exact) mass is 414 g/mol. The van der Waals surface area contributed by atoms with Gasteiger partial charge in [-0.15, -0.1) is 0 Å². The summed E-state index contributed by atoms with van der Waals surface area (Å²) in [6.45, 7) is 5.00. The quantitative estimate of drug-likeness (QED) is 0.721. The van der Waals surface area contributed by atoms with E-state index in [0.717, 1.165) is 24.9 Å². The predicted octanol–water partition coefficient (Wildman–Crippen LogP) is 3.85. The molecule has 0 aromatic heterocycles. The molecule has 2 aromatic rings. The Balaban J connectivity index is 1.66. The molecule has 0 radical (unpaired) electrons. The summed E-state index contributed by atoms with van der Waals surface area (Å²) in [5.41, 5.74) is 4.68. The summed E-state index contributed by atoms with van der Waals surface area (Å²) in [6, 6.07) is 13.4. The Morgan fingerprint density at radius 2 is 1.79 bits per heavy atom. The van der Waals surface area contributed by atoms with E-state index in [1.165, 1.54) is 35.1 Å². The summed E-state index contributed by atoms with van der Waals surface area (Å²) in [4.78, 5) is 15.2. The number of hydrogen-bond donors (Lipinski definition) is 0. The van der Waals surface area contributed by atoms with Gasteiger partial charge in [-0.05, 0) is 61.9 Å². The molecule has 1 saturated heterocycles. The number of sulfonamides is 1.